The van der Waals surface area contributed by atoms with E-state index in [0.29, 0.717) is 16.9 Å². The van der Waals surface area contributed by atoms with Gasteiger partial charge in [-0.2, -0.15) is 0 Å². The largest absolute Gasteiger partial charge is 0.465 e. The lowest BCUT2D eigenvalue weighted by Crippen LogP contribution is -2.34. The Morgan fingerprint density at radius 2 is 1.72 bits per heavy atom. The monoisotopic (exact) mass is 356 g/mol. The van der Waals surface area contributed by atoms with Crippen LogP contribution in [0.2, 0.25) is 0 Å². The van der Waals surface area contributed by atoms with E-state index in [-0.39, 0.29) is 11.1 Å². The van der Waals surface area contributed by atoms with Crippen molar-refractivity contribution in [3.8, 4) is 0 Å². The van der Waals surface area contributed by atoms with Crippen molar-refractivity contribution in [2.45, 2.75) is 12.3 Å². The number of esters is 1. The van der Waals surface area contributed by atoms with E-state index in [9.17, 15) is 14.4 Å². The summed E-state index contributed by atoms with van der Waals surface area (Å²) in [6, 6.07) is 13.7. The first-order valence-electron chi connectivity index (χ1n) is 7.56. The van der Waals surface area contributed by atoms with E-state index in [0.717, 1.165) is 17.3 Å². The maximum absolute atomic E-state index is 12.6. The number of aryl methyl sites for hydroxylation is 1. The van der Waals surface area contributed by atoms with Crippen LogP contribution in [0.3, 0.4) is 0 Å². The predicted molar refractivity (Wildman–Crippen MR) is 96.8 cm³/mol. The summed E-state index contributed by atoms with van der Waals surface area (Å²) in [6.07, 6.45) is 0. The normalized spacial score (nSPS) is 16.9. The van der Waals surface area contributed by atoms with E-state index in [1.165, 1.54) is 12.0 Å². The lowest BCUT2D eigenvalue weighted by atomic mass is 10.2. The fourth-order valence-corrected chi connectivity index (χ4v) is 3.30. The summed E-state index contributed by atoms with van der Waals surface area (Å²) in [6.45, 7) is 1.94. The molecule has 2 aromatic carbocycles. The molecule has 7 heteroatoms. The summed E-state index contributed by atoms with van der Waals surface area (Å²) in [5.74, 6) is -0.755. The fraction of sp³-hybridized carbons (Fsp3) is 0.167. The summed E-state index contributed by atoms with van der Waals surface area (Å²) in [4.78, 5) is 37.4. The molecule has 0 aliphatic carbocycles. The number of thioether (sulfide) groups is 1. The predicted octanol–water partition coefficient (Wildman–Crippen LogP) is 3.42. The molecule has 0 saturated carbocycles. The minimum atomic E-state index is -0.710. The molecule has 6 nitrogen and oxygen atoms in total. The highest BCUT2D eigenvalue weighted by atomic mass is 32.2. The molecular weight excluding hydrogens is 340 g/mol. The molecule has 1 fully saturated rings. The molecule has 0 spiro atoms. The van der Waals surface area contributed by atoms with Crippen molar-refractivity contribution in [1.29, 1.82) is 0 Å². The Labute approximate surface area is 149 Å². The van der Waals surface area contributed by atoms with Gasteiger partial charge in [-0.1, -0.05) is 17.7 Å². The highest BCUT2D eigenvalue weighted by Crippen LogP contribution is 2.32. The maximum Gasteiger partial charge on any atom is 0.337 e. The first-order valence-corrected chi connectivity index (χ1v) is 8.44. The highest BCUT2D eigenvalue weighted by Gasteiger charge is 2.40. The van der Waals surface area contributed by atoms with Crippen LogP contribution in [0.4, 0.5) is 16.2 Å². The Morgan fingerprint density at radius 1 is 1.08 bits per heavy atom. The third kappa shape index (κ3) is 3.51. The van der Waals surface area contributed by atoms with Crippen LogP contribution in [0, 0.1) is 6.92 Å². The molecule has 0 aromatic heterocycles. The second kappa shape index (κ2) is 6.98. The van der Waals surface area contributed by atoms with Crippen LogP contribution < -0.4 is 10.2 Å². The van der Waals surface area contributed by atoms with Gasteiger partial charge in [-0.25, -0.2) is 9.69 Å². The smallest absolute Gasteiger partial charge is 0.337 e. The van der Waals surface area contributed by atoms with Crippen LogP contribution in [0.1, 0.15) is 15.9 Å². The van der Waals surface area contributed by atoms with E-state index < -0.39 is 11.3 Å². The number of imide groups is 1. The minimum Gasteiger partial charge on any atom is -0.465 e. The van der Waals surface area contributed by atoms with E-state index >= 15 is 0 Å². The van der Waals surface area contributed by atoms with Gasteiger partial charge in [0.1, 0.15) is 0 Å². The SMILES string of the molecule is COC(=O)c1ccc(NC2SC(=O)N(c3ccc(C)cc3)C2=O)cc1. The van der Waals surface area contributed by atoms with Crippen LogP contribution in [0.15, 0.2) is 48.5 Å². The van der Waals surface area contributed by atoms with Crippen LogP contribution in [0.5, 0.6) is 0 Å². The topological polar surface area (TPSA) is 75.7 Å². The third-order valence-corrected chi connectivity index (χ3v) is 4.68. The van der Waals surface area contributed by atoms with E-state index in [4.69, 9.17) is 0 Å². The fourth-order valence-electron chi connectivity index (χ4n) is 2.40. The zero-order valence-electron chi connectivity index (χ0n) is 13.7. The number of rotatable bonds is 4. The number of ether oxygens (including phenoxy) is 1. The molecule has 0 bridgehead atoms. The molecule has 1 N–H and O–H groups in total. The minimum absolute atomic E-state index is 0.322. The molecule has 1 saturated heterocycles. The maximum atomic E-state index is 12.6. The number of carbonyl (C=O) groups is 3. The number of carbonyl (C=O) groups excluding carboxylic acids is 3. The first kappa shape index (κ1) is 17.0. The average molecular weight is 356 g/mol. The molecule has 2 amide bonds. The Kier molecular flexibility index (Phi) is 4.76. The van der Waals surface area contributed by atoms with Gasteiger partial charge in [0.25, 0.3) is 11.1 Å². The molecule has 128 valence electrons. The highest BCUT2D eigenvalue weighted by molar-refractivity contribution is 8.16. The van der Waals surface area contributed by atoms with Crippen LogP contribution >= 0.6 is 11.8 Å². The van der Waals surface area contributed by atoms with Gasteiger partial charge >= 0.3 is 5.97 Å². The summed E-state index contributed by atoms with van der Waals surface area (Å²) >= 11 is 0.925. The molecule has 2 aromatic rings. The van der Waals surface area contributed by atoms with Gasteiger partial charge in [0, 0.05) is 5.69 Å². The van der Waals surface area contributed by atoms with Gasteiger partial charge in [-0.3, -0.25) is 9.59 Å². The first-order chi connectivity index (χ1) is 12.0. The van der Waals surface area contributed by atoms with Crippen molar-refractivity contribution in [3.05, 3.63) is 59.7 Å². The Balaban J connectivity index is 1.74. The van der Waals surface area contributed by atoms with E-state index in [1.54, 1.807) is 36.4 Å². The molecule has 0 radical (unpaired) electrons. The number of amides is 2. The number of anilines is 2. The molecule has 1 aliphatic rings. The molecule has 3 rings (SSSR count). The van der Waals surface area contributed by atoms with Gasteiger partial charge in [-0.15, -0.1) is 0 Å². The van der Waals surface area contributed by atoms with E-state index in [1.807, 2.05) is 19.1 Å². The molecule has 1 heterocycles. The lowest BCUT2D eigenvalue weighted by Gasteiger charge is -2.15. The molecule has 1 aliphatic heterocycles. The van der Waals surface area contributed by atoms with Crippen molar-refractivity contribution in [2.75, 3.05) is 17.3 Å². The van der Waals surface area contributed by atoms with E-state index in [2.05, 4.69) is 10.1 Å². The van der Waals surface area contributed by atoms with Crippen molar-refractivity contribution in [2.24, 2.45) is 0 Å². The van der Waals surface area contributed by atoms with Crippen LogP contribution in [-0.2, 0) is 9.53 Å². The lowest BCUT2D eigenvalue weighted by molar-refractivity contribution is -0.116. The molecule has 1 atom stereocenters. The third-order valence-electron chi connectivity index (χ3n) is 3.74. The van der Waals surface area contributed by atoms with Crippen molar-refractivity contribution >= 4 is 40.3 Å². The van der Waals surface area contributed by atoms with Crippen LogP contribution in [-0.4, -0.2) is 29.6 Å². The number of nitrogens with one attached hydrogen (secondary N) is 1. The Hall–Kier alpha value is -2.80. The van der Waals surface area contributed by atoms with Gasteiger partial charge in [0.15, 0.2) is 5.37 Å². The van der Waals surface area contributed by atoms with Gasteiger partial charge < -0.3 is 10.1 Å². The molecule has 25 heavy (non-hydrogen) atoms. The Morgan fingerprint density at radius 3 is 2.32 bits per heavy atom. The number of benzene rings is 2. The average Bonchev–Trinajstić information content (AvgIpc) is 2.89. The summed E-state index contributed by atoms with van der Waals surface area (Å²) in [7, 11) is 1.31. The number of hydrogen-bond donors (Lipinski definition) is 1. The summed E-state index contributed by atoms with van der Waals surface area (Å²) in [5.41, 5.74) is 2.65. The van der Waals surface area contributed by atoms with Gasteiger partial charge in [0.2, 0.25) is 0 Å². The zero-order chi connectivity index (χ0) is 18.0. The summed E-state index contributed by atoms with van der Waals surface area (Å²) in [5, 5.41) is 1.98. The number of methoxy groups -OCH3 is 1. The second-order valence-corrected chi connectivity index (χ2v) is 6.54. The van der Waals surface area contributed by atoms with Crippen molar-refractivity contribution < 1.29 is 19.1 Å². The standard InChI is InChI=1S/C18H16N2O4S/c1-11-3-9-14(10-4-11)20-16(21)15(25-18(20)23)19-13-7-5-12(6-8-13)17(22)24-2/h3-10,15,19H,1-2H3. The summed E-state index contributed by atoms with van der Waals surface area (Å²) < 4.78 is 4.64. The van der Waals surface area contributed by atoms with Crippen molar-refractivity contribution in [1.82, 2.24) is 0 Å². The number of nitrogens with zero attached hydrogens (tertiary/aromatic N) is 1. The van der Waals surface area contributed by atoms with Gasteiger partial charge in [0.05, 0.1) is 18.4 Å². The molecule has 1 unspecified atom stereocenters. The van der Waals surface area contributed by atoms with Crippen molar-refractivity contribution in [3.63, 3.8) is 0 Å². The Bertz CT molecular complexity index is 818. The van der Waals surface area contributed by atoms with Gasteiger partial charge in [-0.05, 0) is 55.1 Å². The second-order valence-electron chi connectivity index (χ2n) is 5.49. The quantitative estimate of drug-likeness (QED) is 0.846. The molecular formula is C18H16N2O4S. The zero-order valence-corrected chi connectivity index (χ0v) is 14.5. The number of hydrogen-bond acceptors (Lipinski definition) is 6. The van der Waals surface area contributed by atoms with Crippen LogP contribution in [0.25, 0.3) is 0 Å².